The van der Waals surface area contributed by atoms with Crippen LogP contribution in [0.25, 0.3) is 0 Å². The van der Waals surface area contributed by atoms with Gasteiger partial charge >= 0.3 is 11.9 Å². The van der Waals surface area contributed by atoms with E-state index in [4.69, 9.17) is 15.6 Å². The Hall–Kier alpha value is -0.702. The van der Waals surface area contributed by atoms with Crippen LogP contribution in [0, 0.1) is 11.3 Å². The van der Waals surface area contributed by atoms with Gasteiger partial charge in [0.25, 0.3) is 0 Å². The molecule has 0 aliphatic carbocycles. The molecule has 0 heterocycles. The molecule has 0 aliphatic heterocycles. The van der Waals surface area contributed by atoms with E-state index in [-0.39, 0.29) is 27.5 Å². The summed E-state index contributed by atoms with van der Waals surface area (Å²) < 4.78 is 0. The van der Waals surface area contributed by atoms with E-state index in [1.807, 2.05) is 6.92 Å². The van der Waals surface area contributed by atoms with Crippen molar-refractivity contribution in [3.8, 4) is 0 Å². The van der Waals surface area contributed by atoms with Gasteiger partial charge in [-0.15, -0.1) is 0 Å². The molecule has 0 spiro atoms. The molecule has 0 rings (SSSR count). The fourth-order valence-corrected chi connectivity index (χ4v) is 0.949. The molecule has 14 heavy (non-hydrogen) atoms. The molecule has 84 valence electrons. The van der Waals surface area contributed by atoms with E-state index < -0.39 is 23.6 Å². The maximum absolute atomic E-state index is 10.5. The number of aliphatic carboxylic acids is 2. The van der Waals surface area contributed by atoms with Gasteiger partial charge < -0.3 is 10.2 Å². The summed E-state index contributed by atoms with van der Waals surface area (Å²) in [5.41, 5.74) is -0.735. The number of hydrogen-bond donors (Lipinski definition) is 3. The van der Waals surface area contributed by atoms with E-state index in [0.29, 0.717) is 6.42 Å². The van der Waals surface area contributed by atoms with Crippen LogP contribution in [-0.2, 0) is 30.7 Å². The van der Waals surface area contributed by atoms with Crippen molar-refractivity contribution >= 4 is 17.7 Å². The fourth-order valence-electron chi connectivity index (χ4n) is 0.949. The van der Waals surface area contributed by atoms with E-state index >= 15 is 0 Å². The largest absolute Gasteiger partial charge is 0.481 e. The van der Waals surface area contributed by atoms with Crippen LogP contribution in [0.3, 0.4) is 0 Å². The number of carboxylic acids is 2. The molecule has 5 nitrogen and oxygen atoms in total. The maximum Gasteiger partial charge on any atom is 0.350 e. The van der Waals surface area contributed by atoms with Gasteiger partial charge in [-0.05, 0) is 6.42 Å². The van der Waals surface area contributed by atoms with Gasteiger partial charge in [0.05, 0.1) is 0 Å². The minimum absolute atomic E-state index is 0. The molecular formula is C8H13NO4Pt. The molecular weight excluding hydrogens is 369 g/mol. The van der Waals surface area contributed by atoms with Gasteiger partial charge in [0, 0.05) is 21.1 Å². The number of carbonyl (C=O) groups is 2. The van der Waals surface area contributed by atoms with Crippen LogP contribution < -0.4 is 0 Å². The first kappa shape index (κ1) is 15.8. The first-order chi connectivity index (χ1) is 6.00. The first-order valence-corrected chi connectivity index (χ1v) is 4.05. The molecule has 3 N–H and O–H groups in total. The van der Waals surface area contributed by atoms with Gasteiger partial charge in [-0.3, -0.25) is 10.2 Å². The molecule has 6 heteroatoms. The topological polar surface area (TPSA) is 98.5 Å². The third-order valence-corrected chi connectivity index (χ3v) is 1.72. The van der Waals surface area contributed by atoms with Crippen molar-refractivity contribution in [1.29, 1.82) is 5.41 Å². The van der Waals surface area contributed by atoms with Gasteiger partial charge in [-0.1, -0.05) is 19.8 Å². The monoisotopic (exact) mass is 382 g/mol. The van der Waals surface area contributed by atoms with Crippen LogP contribution in [0.4, 0.5) is 0 Å². The zero-order valence-corrected chi connectivity index (χ0v) is 10.00. The normalized spacial score (nSPS) is 11.2. The smallest absolute Gasteiger partial charge is 0.350 e. The first-order valence-electron chi connectivity index (χ1n) is 4.05. The van der Waals surface area contributed by atoms with Gasteiger partial charge in [0.1, 0.15) is 11.6 Å². The molecule has 1 atom stereocenters. The van der Waals surface area contributed by atoms with E-state index in [2.05, 4.69) is 0 Å². The second-order valence-electron chi connectivity index (χ2n) is 2.75. The van der Waals surface area contributed by atoms with E-state index in [1.165, 1.54) is 0 Å². The summed E-state index contributed by atoms with van der Waals surface area (Å²) in [4.78, 5) is 20.9. The third-order valence-electron chi connectivity index (χ3n) is 1.72. The van der Waals surface area contributed by atoms with Crippen LogP contribution in [0.15, 0.2) is 0 Å². The number of hydrogen-bond acceptors (Lipinski definition) is 3. The predicted octanol–water partition coefficient (Wildman–Crippen LogP) is 0.979. The summed E-state index contributed by atoms with van der Waals surface area (Å²) in [5, 5.41) is 24.1. The zero-order valence-electron chi connectivity index (χ0n) is 7.73. The van der Waals surface area contributed by atoms with Crippen LogP contribution in [0.1, 0.15) is 26.2 Å². The standard InChI is InChI=1S/C8H13NO4.Pt/c1-2-3-4-5(7(10)11)6(9)8(12)13;/h5,9H,2-4H2,1H3,(H,10,11)(H,12,13);. The van der Waals surface area contributed by atoms with Crippen LogP contribution >= 0.6 is 0 Å². The summed E-state index contributed by atoms with van der Waals surface area (Å²) in [6.07, 6.45) is 1.63. The second-order valence-corrected chi connectivity index (χ2v) is 2.75. The molecule has 0 fully saturated rings. The summed E-state index contributed by atoms with van der Waals surface area (Å²) in [6, 6.07) is 0. The Labute approximate surface area is 96.3 Å². The van der Waals surface area contributed by atoms with Gasteiger partial charge in [-0.25, -0.2) is 4.79 Å². The Morgan fingerprint density at radius 2 is 1.86 bits per heavy atom. The van der Waals surface area contributed by atoms with Crippen molar-refractivity contribution in [1.82, 2.24) is 0 Å². The minimum atomic E-state index is -1.46. The Kier molecular flexibility index (Phi) is 8.64. The molecule has 0 aliphatic rings. The summed E-state index contributed by atoms with van der Waals surface area (Å²) in [6.45, 7) is 1.88. The molecule has 0 aromatic carbocycles. The van der Waals surface area contributed by atoms with Crippen molar-refractivity contribution in [3.05, 3.63) is 0 Å². The van der Waals surface area contributed by atoms with E-state index in [0.717, 1.165) is 6.42 Å². The number of carboxylic acid groups (broad SMARTS) is 2. The molecule has 0 saturated heterocycles. The summed E-state index contributed by atoms with van der Waals surface area (Å²) in [5.74, 6) is -3.86. The SMILES string of the molecule is CCCCC(C(=N)C(=O)O)C(=O)O.[Pt]. The van der Waals surface area contributed by atoms with E-state index in [1.54, 1.807) is 0 Å². The van der Waals surface area contributed by atoms with Gasteiger partial charge in [0.15, 0.2) is 0 Å². The average molecular weight is 382 g/mol. The third kappa shape index (κ3) is 5.12. The molecule has 0 saturated carbocycles. The Morgan fingerprint density at radius 1 is 1.36 bits per heavy atom. The van der Waals surface area contributed by atoms with Crippen LogP contribution in [0.5, 0.6) is 0 Å². The number of nitrogens with one attached hydrogen (secondary N) is 1. The Balaban J connectivity index is 0. The zero-order chi connectivity index (χ0) is 10.4. The molecule has 0 amide bonds. The van der Waals surface area contributed by atoms with Crippen molar-refractivity contribution < 1.29 is 40.9 Å². The quantitative estimate of drug-likeness (QED) is 0.597. The van der Waals surface area contributed by atoms with Crippen molar-refractivity contribution in [3.63, 3.8) is 0 Å². The molecule has 0 bridgehead atoms. The molecule has 0 aromatic heterocycles. The van der Waals surface area contributed by atoms with Gasteiger partial charge in [0.2, 0.25) is 0 Å². The van der Waals surface area contributed by atoms with Gasteiger partial charge in [-0.2, -0.15) is 0 Å². The van der Waals surface area contributed by atoms with Crippen molar-refractivity contribution in [2.24, 2.45) is 5.92 Å². The van der Waals surface area contributed by atoms with Crippen LogP contribution in [-0.4, -0.2) is 27.9 Å². The average Bonchev–Trinajstić information content (AvgIpc) is 2.04. The summed E-state index contributed by atoms with van der Waals surface area (Å²) >= 11 is 0. The Morgan fingerprint density at radius 3 is 2.14 bits per heavy atom. The molecule has 0 radical (unpaired) electrons. The number of unbranched alkanes of at least 4 members (excludes halogenated alkanes) is 1. The van der Waals surface area contributed by atoms with Crippen molar-refractivity contribution in [2.45, 2.75) is 26.2 Å². The van der Waals surface area contributed by atoms with Crippen LogP contribution in [0.2, 0.25) is 0 Å². The summed E-state index contributed by atoms with van der Waals surface area (Å²) in [7, 11) is 0. The minimum Gasteiger partial charge on any atom is -0.481 e. The second kappa shape index (κ2) is 7.68. The molecule has 1 unspecified atom stereocenters. The molecule has 0 aromatic rings. The van der Waals surface area contributed by atoms with E-state index in [9.17, 15) is 9.59 Å². The Bertz CT molecular complexity index is 229. The van der Waals surface area contributed by atoms with Crippen molar-refractivity contribution in [2.75, 3.05) is 0 Å². The number of rotatable bonds is 6. The maximum atomic E-state index is 10.5. The fraction of sp³-hybridized carbons (Fsp3) is 0.625. The predicted molar refractivity (Wildman–Crippen MR) is 46.0 cm³/mol.